The lowest BCUT2D eigenvalue weighted by molar-refractivity contribution is 0.0835. The molecule has 0 aliphatic carbocycles. The summed E-state index contributed by atoms with van der Waals surface area (Å²) in [5, 5.41) is 0. The van der Waals surface area contributed by atoms with Gasteiger partial charge in [-0.25, -0.2) is 0 Å². The molecule has 0 amide bonds. The van der Waals surface area contributed by atoms with E-state index in [9.17, 15) is 0 Å². The first kappa shape index (κ1) is 28.1. The van der Waals surface area contributed by atoms with E-state index in [1.165, 1.54) is 155 Å². The van der Waals surface area contributed by atoms with Gasteiger partial charge in [0, 0.05) is 58.4 Å². The Hall–Kier alpha value is -0.160. The van der Waals surface area contributed by atoms with E-state index in [2.05, 4.69) is 40.4 Å². The molecule has 0 aromatic heterocycles. The summed E-state index contributed by atoms with van der Waals surface area (Å²) >= 11 is 0. The van der Waals surface area contributed by atoms with Crippen LogP contribution in [-0.2, 0) is 0 Å². The van der Waals surface area contributed by atoms with Crippen LogP contribution in [0.5, 0.6) is 0 Å². The molecule has 0 radical (unpaired) electrons. The van der Waals surface area contributed by atoms with Gasteiger partial charge >= 0.3 is 0 Å². The zero-order valence-corrected chi connectivity index (χ0v) is 22.3. The molecule has 0 N–H and O–H groups in total. The second-order valence-electron chi connectivity index (χ2n) is 10.6. The molecule has 2 rings (SSSR count). The second-order valence-corrected chi connectivity index (χ2v) is 10.6. The maximum Gasteiger partial charge on any atom is 0.0113 e. The third-order valence-corrected chi connectivity index (χ3v) is 7.95. The van der Waals surface area contributed by atoms with Gasteiger partial charge in [0.05, 0.1) is 0 Å². The normalized spacial score (nSPS) is 20.7. The van der Waals surface area contributed by atoms with Crippen LogP contribution in [0.15, 0.2) is 0 Å². The monoisotopic (exact) mass is 450 g/mol. The van der Waals surface area contributed by atoms with Crippen LogP contribution in [0.3, 0.4) is 0 Å². The van der Waals surface area contributed by atoms with Crippen LogP contribution in [0.25, 0.3) is 0 Å². The SMILES string of the molecule is CCCCCCN1CCN(C(CCCC)CCCCN2CCN(CCCCC)CC2)CC1. The van der Waals surface area contributed by atoms with Crippen molar-refractivity contribution in [3.63, 3.8) is 0 Å². The van der Waals surface area contributed by atoms with Crippen molar-refractivity contribution in [2.24, 2.45) is 0 Å². The third kappa shape index (κ3) is 11.8. The maximum atomic E-state index is 2.85. The molecule has 4 heteroatoms. The van der Waals surface area contributed by atoms with Crippen LogP contribution >= 0.6 is 0 Å². The van der Waals surface area contributed by atoms with Crippen molar-refractivity contribution in [1.82, 2.24) is 19.6 Å². The van der Waals surface area contributed by atoms with Gasteiger partial charge in [-0.3, -0.25) is 4.90 Å². The number of hydrogen-bond acceptors (Lipinski definition) is 4. The third-order valence-electron chi connectivity index (χ3n) is 7.95. The standard InChI is InChI=1S/C28H58N4/c1-4-7-10-13-18-31-24-26-32(27-25-31)28(15-9-6-3)16-11-14-19-30-22-20-29(21-23-30)17-12-8-5-2/h28H,4-27H2,1-3H3. The number of piperazine rings is 2. The van der Waals surface area contributed by atoms with E-state index in [-0.39, 0.29) is 0 Å². The first-order chi connectivity index (χ1) is 15.8. The van der Waals surface area contributed by atoms with E-state index in [4.69, 9.17) is 0 Å². The summed E-state index contributed by atoms with van der Waals surface area (Å²) in [6.45, 7) is 21.4. The fourth-order valence-electron chi connectivity index (χ4n) is 5.60. The van der Waals surface area contributed by atoms with E-state index in [0.29, 0.717) is 0 Å². The lowest BCUT2D eigenvalue weighted by Gasteiger charge is -2.40. The van der Waals surface area contributed by atoms with Crippen LogP contribution in [0.2, 0.25) is 0 Å². The van der Waals surface area contributed by atoms with Crippen molar-refractivity contribution in [2.75, 3.05) is 72.0 Å². The second kappa shape index (κ2) is 18.2. The highest BCUT2D eigenvalue weighted by molar-refractivity contribution is 4.79. The Morgan fingerprint density at radius 3 is 1.38 bits per heavy atom. The molecule has 2 saturated heterocycles. The molecule has 0 saturated carbocycles. The minimum Gasteiger partial charge on any atom is -0.301 e. The minimum absolute atomic E-state index is 0.840. The number of nitrogens with zero attached hydrogens (tertiary/aromatic N) is 4. The molecule has 1 unspecified atom stereocenters. The van der Waals surface area contributed by atoms with Crippen LogP contribution in [0.4, 0.5) is 0 Å². The van der Waals surface area contributed by atoms with Crippen molar-refractivity contribution >= 4 is 0 Å². The molecular formula is C28H58N4. The Morgan fingerprint density at radius 1 is 0.438 bits per heavy atom. The van der Waals surface area contributed by atoms with Crippen molar-refractivity contribution < 1.29 is 0 Å². The summed E-state index contributed by atoms with van der Waals surface area (Å²) in [7, 11) is 0. The fourth-order valence-corrected chi connectivity index (χ4v) is 5.60. The Kier molecular flexibility index (Phi) is 16.0. The molecule has 2 heterocycles. The average Bonchev–Trinajstić information content (AvgIpc) is 2.83. The van der Waals surface area contributed by atoms with Crippen molar-refractivity contribution in [2.45, 2.75) is 110 Å². The number of rotatable bonds is 18. The zero-order valence-electron chi connectivity index (χ0n) is 22.3. The van der Waals surface area contributed by atoms with E-state index in [1.54, 1.807) is 0 Å². The Labute approximate surface area is 202 Å². The largest absolute Gasteiger partial charge is 0.301 e. The zero-order chi connectivity index (χ0) is 22.9. The Balaban J connectivity index is 1.58. The summed E-state index contributed by atoms with van der Waals surface area (Å²) in [6.07, 6.45) is 18.1. The quantitative estimate of drug-likeness (QED) is 0.248. The van der Waals surface area contributed by atoms with Crippen LogP contribution < -0.4 is 0 Å². The molecule has 0 aromatic rings. The molecule has 2 aliphatic heterocycles. The fraction of sp³-hybridized carbons (Fsp3) is 1.00. The predicted octanol–water partition coefficient (Wildman–Crippen LogP) is 5.72. The molecule has 0 aromatic carbocycles. The molecule has 2 aliphatic rings. The molecule has 1 atom stereocenters. The highest BCUT2D eigenvalue weighted by Crippen LogP contribution is 2.19. The minimum atomic E-state index is 0.840. The maximum absolute atomic E-state index is 2.85. The highest BCUT2D eigenvalue weighted by atomic mass is 15.3. The van der Waals surface area contributed by atoms with Crippen LogP contribution in [0, 0.1) is 0 Å². The van der Waals surface area contributed by atoms with Crippen LogP contribution in [-0.4, -0.2) is 97.6 Å². The summed E-state index contributed by atoms with van der Waals surface area (Å²) in [5.41, 5.74) is 0. The van der Waals surface area contributed by atoms with Crippen LogP contribution in [0.1, 0.15) is 104 Å². The summed E-state index contributed by atoms with van der Waals surface area (Å²) < 4.78 is 0. The van der Waals surface area contributed by atoms with E-state index in [0.717, 1.165) is 6.04 Å². The average molecular weight is 451 g/mol. The van der Waals surface area contributed by atoms with Gasteiger partial charge in [0.25, 0.3) is 0 Å². The van der Waals surface area contributed by atoms with Gasteiger partial charge < -0.3 is 14.7 Å². The Bertz CT molecular complexity index is 414. The molecular weight excluding hydrogens is 392 g/mol. The van der Waals surface area contributed by atoms with E-state index >= 15 is 0 Å². The Morgan fingerprint density at radius 2 is 0.844 bits per heavy atom. The topological polar surface area (TPSA) is 13.0 Å². The lowest BCUT2D eigenvalue weighted by Crippen LogP contribution is -2.50. The van der Waals surface area contributed by atoms with Gasteiger partial charge in [-0.1, -0.05) is 72.1 Å². The summed E-state index contributed by atoms with van der Waals surface area (Å²) in [6, 6.07) is 0.840. The van der Waals surface area contributed by atoms with Gasteiger partial charge in [0.2, 0.25) is 0 Å². The first-order valence-electron chi connectivity index (χ1n) is 14.7. The number of unbranched alkanes of at least 4 members (excludes halogenated alkanes) is 7. The molecule has 2 fully saturated rings. The van der Waals surface area contributed by atoms with Gasteiger partial charge in [0.1, 0.15) is 0 Å². The first-order valence-corrected chi connectivity index (χ1v) is 14.7. The van der Waals surface area contributed by atoms with Gasteiger partial charge in [-0.2, -0.15) is 0 Å². The molecule has 4 nitrogen and oxygen atoms in total. The molecule has 0 spiro atoms. The van der Waals surface area contributed by atoms with E-state index in [1.807, 2.05) is 0 Å². The van der Waals surface area contributed by atoms with Gasteiger partial charge in [-0.05, 0) is 51.7 Å². The smallest absolute Gasteiger partial charge is 0.0113 e. The number of hydrogen-bond donors (Lipinski definition) is 0. The molecule has 0 bridgehead atoms. The molecule has 32 heavy (non-hydrogen) atoms. The highest BCUT2D eigenvalue weighted by Gasteiger charge is 2.23. The van der Waals surface area contributed by atoms with E-state index < -0.39 is 0 Å². The van der Waals surface area contributed by atoms with Gasteiger partial charge in [-0.15, -0.1) is 0 Å². The van der Waals surface area contributed by atoms with Gasteiger partial charge in [0.15, 0.2) is 0 Å². The van der Waals surface area contributed by atoms with Crippen molar-refractivity contribution in [1.29, 1.82) is 0 Å². The predicted molar refractivity (Wildman–Crippen MR) is 142 cm³/mol. The summed E-state index contributed by atoms with van der Waals surface area (Å²) in [4.78, 5) is 11.0. The molecule has 190 valence electrons. The lowest BCUT2D eigenvalue weighted by atomic mass is 10.0. The van der Waals surface area contributed by atoms with Crippen molar-refractivity contribution in [3.8, 4) is 0 Å². The van der Waals surface area contributed by atoms with Crippen molar-refractivity contribution in [3.05, 3.63) is 0 Å². The summed E-state index contributed by atoms with van der Waals surface area (Å²) in [5.74, 6) is 0.